The van der Waals surface area contributed by atoms with E-state index in [1.807, 2.05) is 37.3 Å². The molecule has 3 nitrogen and oxygen atoms in total. The van der Waals surface area contributed by atoms with E-state index >= 15 is 0 Å². The summed E-state index contributed by atoms with van der Waals surface area (Å²) >= 11 is 0. The third-order valence-electron chi connectivity index (χ3n) is 4.35. The zero-order chi connectivity index (χ0) is 12.6. The quantitative estimate of drug-likeness (QED) is 0.795. The molecule has 0 aromatic heterocycles. The zero-order valence-corrected chi connectivity index (χ0v) is 10.8. The lowest BCUT2D eigenvalue weighted by atomic mass is 9.88. The Morgan fingerprint density at radius 3 is 2.39 bits per heavy atom. The predicted molar refractivity (Wildman–Crippen MR) is 70.9 cm³/mol. The van der Waals surface area contributed by atoms with E-state index in [1.54, 1.807) is 0 Å². The second kappa shape index (κ2) is 4.09. The monoisotopic (exact) mass is 244 g/mol. The van der Waals surface area contributed by atoms with Crippen LogP contribution in [0.1, 0.15) is 44.6 Å². The molecule has 2 fully saturated rings. The number of carbonyl (C=O) groups is 1. The number of hydrogen-bond donors (Lipinski definition) is 2. The number of rotatable bonds is 1. The van der Waals surface area contributed by atoms with Crippen LogP contribution in [0, 0.1) is 0 Å². The number of hydrogen-bond acceptors (Lipinski definition) is 2. The lowest BCUT2D eigenvalue weighted by Crippen LogP contribution is -2.53. The van der Waals surface area contributed by atoms with Crippen molar-refractivity contribution < 1.29 is 4.79 Å². The van der Waals surface area contributed by atoms with Crippen LogP contribution in [0.4, 0.5) is 0 Å². The predicted octanol–water partition coefficient (Wildman–Crippen LogP) is 2.28. The molecule has 2 N–H and O–H groups in total. The van der Waals surface area contributed by atoms with Crippen LogP contribution in [0.3, 0.4) is 0 Å². The van der Waals surface area contributed by atoms with Gasteiger partial charge in [-0.3, -0.25) is 10.1 Å². The highest BCUT2D eigenvalue weighted by atomic mass is 16.2. The molecule has 1 aromatic rings. The van der Waals surface area contributed by atoms with Gasteiger partial charge in [-0.05, 0) is 38.2 Å². The van der Waals surface area contributed by atoms with Crippen molar-refractivity contribution in [1.82, 2.24) is 10.6 Å². The van der Waals surface area contributed by atoms with Crippen molar-refractivity contribution >= 4 is 5.91 Å². The number of nitrogens with one attached hydrogen (secondary N) is 2. The zero-order valence-electron chi connectivity index (χ0n) is 10.8. The van der Waals surface area contributed by atoms with E-state index in [-0.39, 0.29) is 11.6 Å². The first kappa shape index (κ1) is 11.7. The third kappa shape index (κ3) is 1.74. The molecule has 3 rings (SSSR count). The summed E-state index contributed by atoms with van der Waals surface area (Å²) in [6.07, 6.45) is 5.75. The Bertz CT molecular complexity index is 451. The first-order chi connectivity index (χ1) is 8.65. The third-order valence-corrected chi connectivity index (χ3v) is 4.35. The van der Waals surface area contributed by atoms with Crippen molar-refractivity contribution in [1.29, 1.82) is 0 Å². The maximum Gasteiger partial charge on any atom is 0.246 e. The Morgan fingerprint density at radius 1 is 1.06 bits per heavy atom. The first-order valence-electron chi connectivity index (χ1n) is 6.82. The van der Waals surface area contributed by atoms with E-state index < -0.39 is 5.54 Å². The number of benzene rings is 1. The summed E-state index contributed by atoms with van der Waals surface area (Å²) in [5, 5.41) is 6.80. The van der Waals surface area contributed by atoms with E-state index in [0.717, 1.165) is 18.4 Å². The first-order valence-corrected chi connectivity index (χ1v) is 6.82. The average Bonchev–Trinajstić information content (AvgIpc) is 2.64. The standard InChI is InChI=1S/C15H20N2O/c1-14(12-8-4-2-5-9-12)13(18)16-15(17-14)10-6-3-7-11-15/h2,4-5,8-9,17H,3,6-7,10-11H2,1H3,(H,16,18). The molecule has 1 spiro atoms. The van der Waals surface area contributed by atoms with Gasteiger partial charge in [0.15, 0.2) is 0 Å². The van der Waals surface area contributed by atoms with E-state index in [0.29, 0.717) is 0 Å². The second-order valence-corrected chi connectivity index (χ2v) is 5.71. The molecule has 1 saturated heterocycles. The molecule has 1 heterocycles. The SMILES string of the molecule is CC1(c2ccccc2)NC2(CCCCC2)NC1=O. The van der Waals surface area contributed by atoms with E-state index in [2.05, 4.69) is 10.6 Å². The maximum atomic E-state index is 12.4. The summed E-state index contributed by atoms with van der Waals surface area (Å²) in [5.74, 6) is 0.107. The summed E-state index contributed by atoms with van der Waals surface area (Å²) in [7, 11) is 0. The van der Waals surface area contributed by atoms with Gasteiger partial charge in [0, 0.05) is 0 Å². The topological polar surface area (TPSA) is 41.1 Å². The number of amides is 1. The molecule has 1 unspecified atom stereocenters. The molecule has 2 aliphatic rings. The van der Waals surface area contributed by atoms with Gasteiger partial charge in [0.2, 0.25) is 5.91 Å². The van der Waals surface area contributed by atoms with Crippen LogP contribution in [0.2, 0.25) is 0 Å². The molecule has 1 atom stereocenters. The fourth-order valence-electron chi connectivity index (χ4n) is 3.29. The highest BCUT2D eigenvalue weighted by Crippen LogP contribution is 2.36. The van der Waals surface area contributed by atoms with Crippen molar-refractivity contribution in [3.05, 3.63) is 35.9 Å². The van der Waals surface area contributed by atoms with Gasteiger partial charge >= 0.3 is 0 Å². The molecule has 3 heteroatoms. The van der Waals surface area contributed by atoms with Gasteiger partial charge in [0.25, 0.3) is 0 Å². The fraction of sp³-hybridized carbons (Fsp3) is 0.533. The summed E-state index contributed by atoms with van der Waals surface area (Å²) in [5.41, 5.74) is 0.295. The molecule has 0 bridgehead atoms. The minimum absolute atomic E-state index is 0.107. The normalized spacial score (nSPS) is 30.4. The van der Waals surface area contributed by atoms with Crippen LogP contribution in [0.5, 0.6) is 0 Å². The van der Waals surface area contributed by atoms with Gasteiger partial charge in [-0.15, -0.1) is 0 Å². The van der Waals surface area contributed by atoms with Gasteiger partial charge in [-0.1, -0.05) is 36.8 Å². The molecular formula is C15H20N2O. The van der Waals surface area contributed by atoms with E-state index in [1.165, 1.54) is 19.3 Å². The highest BCUT2D eigenvalue weighted by Gasteiger charge is 2.51. The van der Waals surface area contributed by atoms with E-state index in [4.69, 9.17) is 0 Å². The number of carbonyl (C=O) groups excluding carboxylic acids is 1. The van der Waals surface area contributed by atoms with Crippen molar-refractivity contribution in [2.45, 2.75) is 50.2 Å². The molecule has 1 amide bonds. The molecule has 0 radical (unpaired) electrons. The molecule has 96 valence electrons. The Hall–Kier alpha value is -1.35. The second-order valence-electron chi connectivity index (χ2n) is 5.71. The molecule has 18 heavy (non-hydrogen) atoms. The van der Waals surface area contributed by atoms with Crippen LogP contribution in [0.15, 0.2) is 30.3 Å². The van der Waals surface area contributed by atoms with Gasteiger partial charge in [0.05, 0.1) is 5.66 Å². The van der Waals surface area contributed by atoms with Gasteiger partial charge in [0.1, 0.15) is 5.54 Å². The Labute approximate surface area is 108 Å². The van der Waals surface area contributed by atoms with Crippen LogP contribution >= 0.6 is 0 Å². The molecule has 1 saturated carbocycles. The maximum absolute atomic E-state index is 12.4. The van der Waals surface area contributed by atoms with Crippen LogP contribution in [-0.4, -0.2) is 11.6 Å². The summed E-state index contributed by atoms with van der Waals surface area (Å²) in [6.45, 7) is 1.99. The van der Waals surface area contributed by atoms with Crippen LogP contribution < -0.4 is 10.6 Å². The minimum Gasteiger partial charge on any atom is -0.336 e. The van der Waals surface area contributed by atoms with Crippen molar-refractivity contribution in [3.63, 3.8) is 0 Å². The van der Waals surface area contributed by atoms with Crippen LogP contribution in [-0.2, 0) is 10.3 Å². The molecular weight excluding hydrogens is 224 g/mol. The smallest absolute Gasteiger partial charge is 0.246 e. The Morgan fingerprint density at radius 2 is 1.72 bits per heavy atom. The largest absolute Gasteiger partial charge is 0.336 e. The molecule has 1 aliphatic heterocycles. The highest BCUT2D eigenvalue weighted by molar-refractivity contribution is 5.90. The summed E-state index contributed by atoms with van der Waals surface area (Å²) in [6, 6.07) is 10.0. The van der Waals surface area contributed by atoms with Crippen molar-refractivity contribution in [3.8, 4) is 0 Å². The Kier molecular flexibility index (Phi) is 2.67. The fourth-order valence-corrected chi connectivity index (χ4v) is 3.29. The lowest BCUT2D eigenvalue weighted by Gasteiger charge is -2.35. The average molecular weight is 244 g/mol. The molecule has 1 aromatic carbocycles. The van der Waals surface area contributed by atoms with Crippen molar-refractivity contribution in [2.75, 3.05) is 0 Å². The van der Waals surface area contributed by atoms with E-state index in [9.17, 15) is 4.79 Å². The van der Waals surface area contributed by atoms with Gasteiger partial charge < -0.3 is 5.32 Å². The summed E-state index contributed by atoms with van der Waals surface area (Å²) < 4.78 is 0. The van der Waals surface area contributed by atoms with Crippen molar-refractivity contribution in [2.24, 2.45) is 0 Å². The lowest BCUT2D eigenvalue weighted by molar-refractivity contribution is -0.124. The summed E-state index contributed by atoms with van der Waals surface area (Å²) in [4.78, 5) is 12.4. The van der Waals surface area contributed by atoms with Crippen LogP contribution in [0.25, 0.3) is 0 Å². The van der Waals surface area contributed by atoms with Gasteiger partial charge in [-0.25, -0.2) is 0 Å². The van der Waals surface area contributed by atoms with Gasteiger partial charge in [-0.2, -0.15) is 0 Å². The molecule has 1 aliphatic carbocycles. The minimum atomic E-state index is -0.585. The Balaban J connectivity index is 1.92.